The predicted octanol–water partition coefficient (Wildman–Crippen LogP) is 3.35. The molecule has 8 heteroatoms. The molecule has 0 aromatic carbocycles. The molecule has 0 aliphatic heterocycles. The summed E-state index contributed by atoms with van der Waals surface area (Å²) in [4.78, 5) is 47.7. The fourth-order valence-corrected chi connectivity index (χ4v) is 2.61. The molecule has 0 N–H and O–H groups in total. The standard InChI is InChI=1S/C21H36O8/c1-4-7-10-27-18(23)13-21(16-26-17-22,14-19(24)28-11-8-5-2)15-20(25)29-12-9-6-3/h17H,4-16H2,1-3H3. The molecule has 0 saturated heterocycles. The smallest absolute Gasteiger partial charge is 0.306 e. The van der Waals surface area contributed by atoms with E-state index in [1.54, 1.807) is 0 Å². The van der Waals surface area contributed by atoms with Gasteiger partial charge in [-0.05, 0) is 19.3 Å². The van der Waals surface area contributed by atoms with E-state index in [1.807, 2.05) is 20.8 Å². The van der Waals surface area contributed by atoms with Crippen LogP contribution in [-0.4, -0.2) is 50.8 Å². The monoisotopic (exact) mass is 416 g/mol. The highest BCUT2D eigenvalue weighted by atomic mass is 16.5. The second-order valence-electron chi connectivity index (χ2n) is 7.16. The van der Waals surface area contributed by atoms with Gasteiger partial charge in [-0.25, -0.2) is 0 Å². The highest BCUT2D eigenvalue weighted by Crippen LogP contribution is 2.33. The maximum atomic E-state index is 12.3. The summed E-state index contributed by atoms with van der Waals surface area (Å²) < 4.78 is 20.4. The number of hydrogen-bond donors (Lipinski definition) is 0. The summed E-state index contributed by atoms with van der Waals surface area (Å²) in [5, 5.41) is 0. The molecule has 0 amide bonds. The molecule has 0 unspecified atom stereocenters. The highest BCUT2D eigenvalue weighted by molar-refractivity contribution is 5.78. The van der Waals surface area contributed by atoms with Crippen LogP contribution in [0.25, 0.3) is 0 Å². The SMILES string of the molecule is CCCCOC(=O)CC(COC=O)(CC(=O)OCCCC)CC(=O)OCCCC. The summed E-state index contributed by atoms with van der Waals surface area (Å²) in [5.41, 5.74) is -1.27. The normalized spacial score (nSPS) is 10.9. The van der Waals surface area contributed by atoms with E-state index in [0.29, 0.717) is 19.3 Å². The summed E-state index contributed by atoms with van der Waals surface area (Å²) in [5.74, 6) is -1.68. The van der Waals surface area contributed by atoms with Crippen LogP contribution < -0.4 is 0 Å². The van der Waals surface area contributed by atoms with Gasteiger partial charge in [-0.3, -0.25) is 19.2 Å². The lowest BCUT2D eigenvalue weighted by Crippen LogP contribution is -2.36. The van der Waals surface area contributed by atoms with Crippen molar-refractivity contribution in [2.45, 2.75) is 78.6 Å². The van der Waals surface area contributed by atoms with Gasteiger partial charge in [-0.15, -0.1) is 0 Å². The number of esters is 3. The number of unbranched alkanes of at least 4 members (excludes halogenated alkanes) is 3. The minimum absolute atomic E-state index is 0.224. The highest BCUT2D eigenvalue weighted by Gasteiger charge is 2.40. The molecular formula is C21H36O8. The Morgan fingerprint density at radius 3 is 1.31 bits per heavy atom. The molecule has 8 nitrogen and oxygen atoms in total. The fraction of sp³-hybridized carbons (Fsp3) is 0.810. The van der Waals surface area contributed by atoms with E-state index in [2.05, 4.69) is 0 Å². The summed E-state index contributed by atoms with van der Waals surface area (Å²) in [7, 11) is 0. The van der Waals surface area contributed by atoms with Gasteiger partial charge < -0.3 is 18.9 Å². The molecular weight excluding hydrogens is 380 g/mol. The molecule has 0 aliphatic carbocycles. The number of hydrogen-bond acceptors (Lipinski definition) is 8. The first-order valence-corrected chi connectivity index (χ1v) is 10.4. The summed E-state index contributed by atoms with van der Waals surface area (Å²) >= 11 is 0. The van der Waals surface area contributed by atoms with Crippen molar-refractivity contribution in [1.29, 1.82) is 0 Å². The quantitative estimate of drug-likeness (QED) is 0.145. The molecule has 0 aromatic heterocycles. The van der Waals surface area contributed by atoms with Gasteiger partial charge in [0, 0.05) is 5.41 Å². The topological polar surface area (TPSA) is 105 Å². The molecule has 0 radical (unpaired) electrons. The molecule has 0 bridgehead atoms. The Labute approximate surface area is 173 Å². The lowest BCUT2D eigenvalue weighted by atomic mass is 9.78. The van der Waals surface area contributed by atoms with E-state index >= 15 is 0 Å². The number of ether oxygens (including phenoxy) is 4. The zero-order valence-electron chi connectivity index (χ0n) is 18.0. The van der Waals surface area contributed by atoms with Crippen LogP contribution in [0.3, 0.4) is 0 Å². The molecule has 168 valence electrons. The van der Waals surface area contributed by atoms with Gasteiger partial charge in [-0.2, -0.15) is 0 Å². The maximum absolute atomic E-state index is 12.3. The van der Waals surface area contributed by atoms with Crippen LogP contribution in [0.2, 0.25) is 0 Å². The van der Waals surface area contributed by atoms with Crippen molar-refractivity contribution in [3.63, 3.8) is 0 Å². The largest absolute Gasteiger partial charge is 0.467 e. The van der Waals surface area contributed by atoms with E-state index in [4.69, 9.17) is 18.9 Å². The first-order valence-electron chi connectivity index (χ1n) is 10.4. The Balaban J connectivity index is 5.28. The summed E-state index contributed by atoms with van der Waals surface area (Å²) in [6.45, 7) is 6.59. The van der Waals surface area contributed by atoms with Gasteiger partial charge >= 0.3 is 17.9 Å². The average Bonchev–Trinajstić information content (AvgIpc) is 2.67. The molecule has 0 atom stereocenters. The molecule has 0 rings (SSSR count). The predicted molar refractivity (Wildman–Crippen MR) is 106 cm³/mol. The van der Waals surface area contributed by atoms with Crippen molar-refractivity contribution in [2.24, 2.45) is 5.41 Å². The maximum Gasteiger partial charge on any atom is 0.306 e. The Kier molecular flexibility index (Phi) is 15.6. The second-order valence-corrected chi connectivity index (χ2v) is 7.16. The second kappa shape index (κ2) is 16.8. The summed E-state index contributed by atoms with van der Waals surface area (Å²) in [6, 6.07) is 0. The van der Waals surface area contributed by atoms with E-state index < -0.39 is 23.3 Å². The van der Waals surface area contributed by atoms with Gasteiger partial charge in [0.05, 0.1) is 45.7 Å². The van der Waals surface area contributed by atoms with Crippen molar-refractivity contribution >= 4 is 24.4 Å². The Morgan fingerprint density at radius 2 is 1.03 bits per heavy atom. The average molecular weight is 417 g/mol. The first kappa shape index (κ1) is 26.9. The van der Waals surface area contributed by atoms with Crippen molar-refractivity contribution in [2.75, 3.05) is 26.4 Å². The van der Waals surface area contributed by atoms with E-state index in [-0.39, 0.29) is 52.2 Å². The van der Waals surface area contributed by atoms with Crippen LogP contribution in [0.15, 0.2) is 0 Å². The molecule has 0 heterocycles. The lowest BCUT2D eigenvalue weighted by Gasteiger charge is -2.30. The van der Waals surface area contributed by atoms with Gasteiger partial charge in [0.15, 0.2) is 0 Å². The van der Waals surface area contributed by atoms with Gasteiger partial charge in [0.2, 0.25) is 0 Å². The van der Waals surface area contributed by atoms with Crippen molar-refractivity contribution in [3.8, 4) is 0 Å². The Hall–Kier alpha value is -2.12. The number of carbonyl (C=O) groups excluding carboxylic acids is 4. The third-order valence-electron chi connectivity index (χ3n) is 4.30. The van der Waals surface area contributed by atoms with Crippen LogP contribution >= 0.6 is 0 Å². The minimum Gasteiger partial charge on any atom is -0.467 e. The number of rotatable bonds is 18. The molecule has 0 aromatic rings. The first-order chi connectivity index (χ1) is 13.9. The van der Waals surface area contributed by atoms with Crippen LogP contribution in [0.4, 0.5) is 0 Å². The van der Waals surface area contributed by atoms with Crippen molar-refractivity contribution < 1.29 is 38.1 Å². The lowest BCUT2D eigenvalue weighted by molar-refractivity contribution is -0.160. The Morgan fingerprint density at radius 1 is 0.690 bits per heavy atom. The van der Waals surface area contributed by atoms with Crippen LogP contribution in [0, 0.1) is 5.41 Å². The zero-order valence-corrected chi connectivity index (χ0v) is 18.0. The molecule has 0 fully saturated rings. The van der Waals surface area contributed by atoms with Crippen LogP contribution in [-0.2, 0) is 38.1 Å². The summed E-state index contributed by atoms with van der Waals surface area (Å²) in [6.07, 6.45) is 3.95. The molecule has 0 spiro atoms. The minimum atomic E-state index is -1.27. The van der Waals surface area contributed by atoms with Crippen LogP contribution in [0.5, 0.6) is 0 Å². The van der Waals surface area contributed by atoms with Crippen molar-refractivity contribution in [1.82, 2.24) is 0 Å². The third-order valence-corrected chi connectivity index (χ3v) is 4.30. The Bertz CT molecular complexity index is 429. The third kappa shape index (κ3) is 13.7. The van der Waals surface area contributed by atoms with Crippen molar-refractivity contribution in [3.05, 3.63) is 0 Å². The van der Waals surface area contributed by atoms with Gasteiger partial charge in [-0.1, -0.05) is 40.0 Å². The van der Waals surface area contributed by atoms with E-state index in [0.717, 1.165) is 19.3 Å². The van der Waals surface area contributed by atoms with E-state index in [9.17, 15) is 19.2 Å². The van der Waals surface area contributed by atoms with Gasteiger partial charge in [0.25, 0.3) is 6.47 Å². The fourth-order valence-electron chi connectivity index (χ4n) is 2.61. The molecule has 0 saturated carbocycles. The molecule has 0 aliphatic rings. The van der Waals surface area contributed by atoms with Gasteiger partial charge in [0.1, 0.15) is 0 Å². The molecule has 29 heavy (non-hydrogen) atoms. The zero-order chi connectivity index (χ0) is 22.0. The van der Waals surface area contributed by atoms with Crippen LogP contribution in [0.1, 0.15) is 78.6 Å². The number of carbonyl (C=O) groups is 4. The van der Waals surface area contributed by atoms with E-state index in [1.165, 1.54) is 0 Å².